The Morgan fingerprint density at radius 3 is 2.13 bits per heavy atom. The average Bonchev–Trinajstić information content (AvgIpc) is 2.17. The van der Waals surface area contributed by atoms with Gasteiger partial charge in [-0.2, -0.15) is 0 Å². The molecule has 90 valence electrons. The lowest BCUT2D eigenvalue weighted by molar-refractivity contribution is 0.343. The van der Waals surface area contributed by atoms with Gasteiger partial charge in [-0.15, -0.1) is 0 Å². The van der Waals surface area contributed by atoms with E-state index in [2.05, 4.69) is 34.6 Å². The molecule has 0 unspecified atom stereocenters. The molecule has 0 saturated heterocycles. The predicted molar refractivity (Wildman–Crippen MR) is 70.6 cm³/mol. The van der Waals surface area contributed by atoms with Crippen molar-refractivity contribution < 1.29 is 4.65 Å². The van der Waals surface area contributed by atoms with Crippen LogP contribution in [-0.4, -0.2) is 14.0 Å². The highest BCUT2D eigenvalue weighted by Crippen LogP contribution is 2.39. The maximum Gasteiger partial charge on any atom is 0.298 e. The van der Waals surface area contributed by atoms with E-state index in [1.165, 1.54) is 32.0 Å². The molecule has 0 aliphatic carbocycles. The van der Waals surface area contributed by atoms with Crippen LogP contribution in [0.3, 0.4) is 0 Å². The first kappa shape index (κ1) is 15.0. The Hall–Kier alpha value is 0.0249. The fraction of sp³-hybridized carbons (Fsp3) is 1.00. The Balaban J connectivity index is 4.01. The van der Waals surface area contributed by atoms with E-state index in [9.17, 15) is 0 Å². The third-order valence-electron chi connectivity index (χ3n) is 3.92. The van der Waals surface area contributed by atoms with Gasteiger partial charge in [0.2, 0.25) is 0 Å². The van der Waals surface area contributed by atoms with Crippen LogP contribution in [-0.2, 0) is 4.65 Å². The van der Waals surface area contributed by atoms with Crippen molar-refractivity contribution in [3.63, 3.8) is 0 Å². The van der Waals surface area contributed by atoms with Crippen molar-refractivity contribution in [2.75, 3.05) is 7.11 Å². The monoisotopic (exact) mass is 212 g/mol. The molecule has 0 radical (unpaired) electrons. The van der Waals surface area contributed by atoms with Crippen LogP contribution in [0.5, 0.6) is 0 Å². The van der Waals surface area contributed by atoms with Gasteiger partial charge < -0.3 is 4.65 Å². The number of unbranched alkanes of at least 4 members (excludes halogenated alkanes) is 3. The van der Waals surface area contributed by atoms with Gasteiger partial charge in [0.1, 0.15) is 0 Å². The van der Waals surface area contributed by atoms with Gasteiger partial charge in [-0.25, -0.2) is 0 Å². The van der Waals surface area contributed by atoms with E-state index in [-0.39, 0.29) is 0 Å². The highest BCUT2D eigenvalue weighted by molar-refractivity contribution is 6.55. The van der Waals surface area contributed by atoms with E-state index in [1.54, 1.807) is 0 Å². The minimum atomic E-state index is 0.293. The normalized spacial score (nSPS) is 12.2. The Bertz CT molecular complexity index is 155. The first-order valence-corrected chi connectivity index (χ1v) is 6.49. The molecule has 0 amide bonds. The van der Waals surface area contributed by atoms with Crippen LogP contribution in [0.15, 0.2) is 0 Å². The van der Waals surface area contributed by atoms with Crippen LogP contribution < -0.4 is 0 Å². The van der Waals surface area contributed by atoms with Gasteiger partial charge in [0.05, 0.1) is 0 Å². The lowest BCUT2D eigenvalue weighted by Crippen LogP contribution is -2.34. The zero-order chi connectivity index (χ0) is 11.9. The summed E-state index contributed by atoms with van der Waals surface area (Å²) in [5.74, 6) is 0.675. The minimum absolute atomic E-state index is 0.293. The average molecular weight is 212 g/mol. The Kier molecular flexibility index (Phi) is 7.34. The number of hydrogen-bond donors (Lipinski definition) is 0. The van der Waals surface area contributed by atoms with Gasteiger partial charge >= 0.3 is 0 Å². The summed E-state index contributed by atoms with van der Waals surface area (Å²) >= 11 is 0. The zero-order valence-electron chi connectivity index (χ0n) is 11.6. The third kappa shape index (κ3) is 5.06. The topological polar surface area (TPSA) is 9.23 Å². The largest absolute Gasteiger partial charge is 0.438 e. The van der Waals surface area contributed by atoms with Crippen molar-refractivity contribution in [1.29, 1.82) is 0 Å². The molecule has 0 aromatic rings. The molecule has 0 fully saturated rings. The number of hydrogen-bond acceptors (Lipinski definition) is 1. The highest BCUT2D eigenvalue weighted by Gasteiger charge is 2.36. The van der Waals surface area contributed by atoms with E-state index in [0.29, 0.717) is 18.1 Å². The Morgan fingerprint density at radius 1 is 1.13 bits per heavy atom. The van der Waals surface area contributed by atoms with E-state index in [0.717, 1.165) is 0 Å². The molecular weight excluding hydrogens is 183 g/mol. The molecule has 0 saturated carbocycles. The molecule has 0 N–H and O–H groups in total. The van der Waals surface area contributed by atoms with Gasteiger partial charge in [0, 0.05) is 7.11 Å². The van der Waals surface area contributed by atoms with E-state index in [1.807, 2.05) is 7.11 Å². The van der Waals surface area contributed by atoms with Crippen LogP contribution >= 0.6 is 0 Å². The molecule has 15 heavy (non-hydrogen) atoms. The summed E-state index contributed by atoms with van der Waals surface area (Å²) in [6.45, 7) is 11.9. The van der Waals surface area contributed by atoms with Crippen LogP contribution in [0.25, 0.3) is 0 Å². The highest BCUT2D eigenvalue weighted by atomic mass is 16.4. The Labute approximate surface area is 97.1 Å². The van der Waals surface area contributed by atoms with E-state index in [4.69, 9.17) is 4.65 Å². The van der Waals surface area contributed by atoms with Crippen molar-refractivity contribution in [3.8, 4) is 0 Å². The summed E-state index contributed by atoms with van der Waals surface area (Å²) in [6.07, 6.45) is 6.54. The summed E-state index contributed by atoms with van der Waals surface area (Å²) in [5, 5.41) is 0.293. The number of rotatable bonds is 8. The van der Waals surface area contributed by atoms with Gasteiger partial charge in [-0.1, -0.05) is 60.3 Å². The molecule has 0 aromatic carbocycles. The standard InChI is InChI=1S/C13H29BO/c1-7-8-9-10-11-14(15-6)13(4,5)12(2)3/h12H,7-11H2,1-6H3. The van der Waals surface area contributed by atoms with Crippen LogP contribution in [0.2, 0.25) is 11.6 Å². The van der Waals surface area contributed by atoms with Gasteiger partial charge in [-0.3, -0.25) is 0 Å². The first-order valence-electron chi connectivity index (χ1n) is 6.49. The SMILES string of the molecule is CCCCCCB(OC)C(C)(C)C(C)C. The lowest BCUT2D eigenvalue weighted by atomic mass is 9.41. The zero-order valence-corrected chi connectivity index (χ0v) is 11.6. The molecular formula is C13H29BO. The van der Waals surface area contributed by atoms with Crippen molar-refractivity contribution in [1.82, 2.24) is 0 Å². The molecule has 0 aliphatic heterocycles. The molecule has 0 atom stereocenters. The van der Waals surface area contributed by atoms with Gasteiger partial charge in [0.25, 0.3) is 6.92 Å². The van der Waals surface area contributed by atoms with Crippen molar-refractivity contribution in [2.24, 2.45) is 5.92 Å². The quantitative estimate of drug-likeness (QED) is 0.420. The van der Waals surface area contributed by atoms with Crippen LogP contribution in [0, 0.1) is 5.92 Å². The summed E-state index contributed by atoms with van der Waals surface area (Å²) in [7, 11) is 1.86. The maximum absolute atomic E-state index is 5.66. The second-order valence-corrected chi connectivity index (χ2v) is 5.55. The molecule has 0 aliphatic rings. The molecule has 2 heteroatoms. The van der Waals surface area contributed by atoms with E-state index >= 15 is 0 Å². The molecule has 0 heterocycles. The molecule has 0 aromatic heterocycles. The minimum Gasteiger partial charge on any atom is -0.438 e. The van der Waals surface area contributed by atoms with Crippen molar-refractivity contribution in [3.05, 3.63) is 0 Å². The maximum atomic E-state index is 5.66. The second-order valence-electron chi connectivity index (χ2n) is 5.55. The van der Waals surface area contributed by atoms with Crippen LogP contribution in [0.4, 0.5) is 0 Å². The Morgan fingerprint density at radius 2 is 1.73 bits per heavy atom. The van der Waals surface area contributed by atoms with Crippen molar-refractivity contribution in [2.45, 2.75) is 71.9 Å². The summed E-state index contributed by atoms with van der Waals surface area (Å²) in [6, 6.07) is 0. The van der Waals surface area contributed by atoms with Crippen molar-refractivity contribution >= 4 is 6.92 Å². The second kappa shape index (κ2) is 7.32. The van der Waals surface area contributed by atoms with Gasteiger partial charge in [-0.05, 0) is 17.6 Å². The molecule has 0 rings (SSSR count). The fourth-order valence-corrected chi connectivity index (χ4v) is 1.92. The van der Waals surface area contributed by atoms with Crippen LogP contribution in [0.1, 0.15) is 60.3 Å². The molecule has 0 bridgehead atoms. The first-order chi connectivity index (χ1) is 6.96. The summed E-state index contributed by atoms with van der Waals surface area (Å²) in [5.41, 5.74) is 0. The molecule has 1 nitrogen and oxygen atoms in total. The summed E-state index contributed by atoms with van der Waals surface area (Å²) < 4.78 is 5.66. The third-order valence-corrected chi connectivity index (χ3v) is 3.92. The van der Waals surface area contributed by atoms with E-state index < -0.39 is 0 Å². The fourth-order valence-electron chi connectivity index (χ4n) is 1.92. The predicted octanol–water partition coefficient (Wildman–Crippen LogP) is 4.64. The lowest BCUT2D eigenvalue weighted by Gasteiger charge is -2.34. The smallest absolute Gasteiger partial charge is 0.298 e. The summed E-state index contributed by atoms with van der Waals surface area (Å²) in [4.78, 5) is 0. The molecule has 0 spiro atoms. The van der Waals surface area contributed by atoms with Gasteiger partial charge in [0.15, 0.2) is 0 Å².